The van der Waals surface area contributed by atoms with Crippen molar-refractivity contribution in [1.29, 1.82) is 0 Å². The number of amides is 2. The first-order valence-corrected chi connectivity index (χ1v) is 8.60. The molecule has 0 aliphatic heterocycles. The maximum atomic E-state index is 12.3. The van der Waals surface area contributed by atoms with E-state index in [9.17, 15) is 9.59 Å². The van der Waals surface area contributed by atoms with Crippen molar-refractivity contribution in [3.8, 4) is 0 Å². The Hall–Kier alpha value is -2.05. The summed E-state index contributed by atoms with van der Waals surface area (Å²) < 4.78 is 1.50. The summed E-state index contributed by atoms with van der Waals surface area (Å²) in [6.07, 6.45) is 0.318. The average molecular weight is 383 g/mol. The zero-order valence-electron chi connectivity index (χ0n) is 14.3. The van der Waals surface area contributed by atoms with E-state index in [0.717, 1.165) is 5.56 Å². The summed E-state index contributed by atoms with van der Waals surface area (Å²) in [5.41, 5.74) is 6.28. The Labute approximate surface area is 156 Å². The molecule has 2 N–H and O–H groups in total. The van der Waals surface area contributed by atoms with Gasteiger partial charge >= 0.3 is 0 Å². The Morgan fingerprint density at radius 3 is 2.52 bits per heavy atom. The molecule has 0 bridgehead atoms. The van der Waals surface area contributed by atoms with Crippen LogP contribution in [0.2, 0.25) is 10.2 Å². The number of hydrogen-bond acceptors (Lipinski definition) is 3. The van der Waals surface area contributed by atoms with Crippen LogP contribution in [-0.2, 0) is 11.3 Å². The number of benzene rings is 1. The van der Waals surface area contributed by atoms with E-state index in [1.807, 2.05) is 32.0 Å². The minimum absolute atomic E-state index is 0.188. The van der Waals surface area contributed by atoms with Gasteiger partial charge in [-0.05, 0) is 24.5 Å². The lowest BCUT2D eigenvalue weighted by Crippen LogP contribution is -2.42. The molecule has 2 rings (SSSR count). The number of nitrogens with zero attached hydrogens (tertiary/aromatic N) is 2. The highest BCUT2D eigenvalue weighted by atomic mass is 35.5. The monoisotopic (exact) mass is 382 g/mol. The number of rotatable bonds is 5. The van der Waals surface area contributed by atoms with Gasteiger partial charge in [0.25, 0.3) is 5.91 Å². The van der Waals surface area contributed by atoms with Gasteiger partial charge in [-0.15, -0.1) is 0 Å². The summed E-state index contributed by atoms with van der Waals surface area (Å²) in [5, 5.41) is 5.08. The minimum Gasteiger partial charge on any atom is -0.273 e. The van der Waals surface area contributed by atoms with Gasteiger partial charge in [0.1, 0.15) is 10.7 Å². The molecule has 0 spiro atoms. The number of carbonyl (C=O) groups is 2. The molecule has 0 saturated heterocycles. The van der Waals surface area contributed by atoms with Crippen LogP contribution in [0.25, 0.3) is 0 Å². The molecule has 1 aromatic heterocycles. The number of hydrazine groups is 1. The molecule has 1 aromatic carbocycles. The Morgan fingerprint density at radius 2 is 1.88 bits per heavy atom. The maximum Gasteiger partial charge on any atom is 0.274 e. The second-order valence-electron chi connectivity index (χ2n) is 6.10. The average Bonchev–Trinajstić information content (AvgIpc) is 2.81. The molecular formula is C17H20Cl2N4O2. The normalized spacial score (nSPS) is 10.8. The summed E-state index contributed by atoms with van der Waals surface area (Å²) in [5.74, 6) is -0.578. The molecule has 0 aliphatic carbocycles. The van der Waals surface area contributed by atoms with Crippen molar-refractivity contribution in [2.75, 3.05) is 0 Å². The van der Waals surface area contributed by atoms with E-state index < -0.39 is 5.91 Å². The van der Waals surface area contributed by atoms with Gasteiger partial charge in [0.05, 0.1) is 12.2 Å². The van der Waals surface area contributed by atoms with Gasteiger partial charge in [-0.1, -0.05) is 55.2 Å². The van der Waals surface area contributed by atoms with Gasteiger partial charge in [-0.3, -0.25) is 20.4 Å². The molecular weight excluding hydrogens is 363 g/mol. The topological polar surface area (TPSA) is 76.0 Å². The number of aromatic nitrogens is 2. The second kappa shape index (κ2) is 8.36. The fourth-order valence-corrected chi connectivity index (χ4v) is 2.83. The second-order valence-corrected chi connectivity index (χ2v) is 6.87. The van der Waals surface area contributed by atoms with Crippen LogP contribution >= 0.6 is 23.2 Å². The molecule has 2 aromatic rings. The molecule has 134 valence electrons. The van der Waals surface area contributed by atoms with Crippen LogP contribution in [0, 0.1) is 12.8 Å². The Balaban J connectivity index is 2.12. The van der Waals surface area contributed by atoms with E-state index in [-0.39, 0.29) is 22.5 Å². The van der Waals surface area contributed by atoms with Crippen molar-refractivity contribution >= 4 is 35.0 Å². The van der Waals surface area contributed by atoms with Crippen LogP contribution in [0.15, 0.2) is 24.3 Å². The fraction of sp³-hybridized carbons (Fsp3) is 0.353. The lowest BCUT2D eigenvalue weighted by molar-refractivity contribution is -0.122. The molecule has 8 heteroatoms. The van der Waals surface area contributed by atoms with Crippen molar-refractivity contribution in [3.63, 3.8) is 0 Å². The summed E-state index contributed by atoms with van der Waals surface area (Å²) in [6, 6.07) is 7.34. The molecule has 2 amide bonds. The predicted octanol–water partition coefficient (Wildman–Crippen LogP) is 3.35. The number of nitrogens with one attached hydrogen (secondary N) is 2. The number of hydrogen-bond donors (Lipinski definition) is 2. The lowest BCUT2D eigenvalue weighted by Gasteiger charge is -2.09. The molecule has 25 heavy (non-hydrogen) atoms. The van der Waals surface area contributed by atoms with E-state index in [0.29, 0.717) is 23.7 Å². The molecule has 0 saturated carbocycles. The van der Waals surface area contributed by atoms with Crippen molar-refractivity contribution in [2.24, 2.45) is 5.92 Å². The van der Waals surface area contributed by atoms with Crippen molar-refractivity contribution < 1.29 is 9.59 Å². The summed E-state index contributed by atoms with van der Waals surface area (Å²) in [7, 11) is 0. The van der Waals surface area contributed by atoms with Gasteiger partial charge in [-0.25, -0.2) is 4.68 Å². The van der Waals surface area contributed by atoms with Crippen LogP contribution in [-0.4, -0.2) is 21.6 Å². The smallest absolute Gasteiger partial charge is 0.273 e. The van der Waals surface area contributed by atoms with Gasteiger partial charge in [0.2, 0.25) is 5.91 Å². The van der Waals surface area contributed by atoms with E-state index in [1.165, 1.54) is 4.68 Å². The first-order valence-electron chi connectivity index (χ1n) is 7.85. The van der Waals surface area contributed by atoms with E-state index in [2.05, 4.69) is 16.0 Å². The van der Waals surface area contributed by atoms with E-state index >= 15 is 0 Å². The predicted molar refractivity (Wildman–Crippen MR) is 97.6 cm³/mol. The largest absolute Gasteiger partial charge is 0.274 e. The van der Waals surface area contributed by atoms with Crippen LogP contribution in [0.4, 0.5) is 0 Å². The Morgan fingerprint density at radius 1 is 1.20 bits per heavy atom. The fourth-order valence-electron chi connectivity index (χ4n) is 2.31. The summed E-state index contributed by atoms with van der Waals surface area (Å²) in [4.78, 5) is 24.0. The van der Waals surface area contributed by atoms with Crippen LogP contribution in [0.1, 0.15) is 41.9 Å². The third-order valence-electron chi connectivity index (χ3n) is 3.48. The first-order chi connectivity index (χ1) is 11.8. The van der Waals surface area contributed by atoms with Gasteiger partial charge < -0.3 is 0 Å². The number of carbonyl (C=O) groups excluding carboxylic acids is 2. The Kier molecular flexibility index (Phi) is 6.45. The quantitative estimate of drug-likeness (QED) is 0.778. The van der Waals surface area contributed by atoms with Crippen LogP contribution < -0.4 is 10.9 Å². The summed E-state index contributed by atoms with van der Waals surface area (Å²) >= 11 is 12.5. The standard InChI is InChI=1S/C17H20Cl2N4O2/c1-10(2)8-14(24)20-21-17(25)15-11(3)22-23(16(15)19)9-12-6-4-5-7-13(12)18/h4-7,10H,8-9H2,1-3H3,(H,20,24)(H,21,25). The molecule has 6 nitrogen and oxygen atoms in total. The van der Waals surface area contributed by atoms with Gasteiger partial charge in [-0.2, -0.15) is 5.10 Å². The highest BCUT2D eigenvalue weighted by Crippen LogP contribution is 2.23. The third-order valence-corrected chi connectivity index (χ3v) is 4.23. The van der Waals surface area contributed by atoms with Gasteiger partial charge in [0, 0.05) is 11.4 Å². The molecule has 0 aliphatic rings. The first kappa shape index (κ1) is 19.3. The molecule has 0 unspecified atom stereocenters. The SMILES string of the molecule is Cc1nn(Cc2ccccc2Cl)c(Cl)c1C(=O)NNC(=O)CC(C)C. The maximum absolute atomic E-state index is 12.3. The summed E-state index contributed by atoms with van der Waals surface area (Å²) in [6.45, 7) is 5.86. The van der Waals surface area contributed by atoms with Crippen molar-refractivity contribution in [3.05, 3.63) is 51.3 Å². The number of halogens is 2. The van der Waals surface area contributed by atoms with E-state index in [4.69, 9.17) is 23.2 Å². The zero-order valence-corrected chi connectivity index (χ0v) is 15.8. The minimum atomic E-state index is -0.509. The van der Waals surface area contributed by atoms with Crippen LogP contribution in [0.3, 0.4) is 0 Å². The van der Waals surface area contributed by atoms with Crippen LogP contribution in [0.5, 0.6) is 0 Å². The third kappa shape index (κ3) is 4.96. The highest BCUT2D eigenvalue weighted by Gasteiger charge is 2.21. The highest BCUT2D eigenvalue weighted by molar-refractivity contribution is 6.33. The van der Waals surface area contributed by atoms with Gasteiger partial charge in [0.15, 0.2) is 0 Å². The van der Waals surface area contributed by atoms with Crippen molar-refractivity contribution in [2.45, 2.75) is 33.7 Å². The Bertz CT molecular complexity index is 787. The van der Waals surface area contributed by atoms with E-state index in [1.54, 1.807) is 13.0 Å². The number of aryl methyl sites for hydroxylation is 1. The van der Waals surface area contributed by atoms with Crippen molar-refractivity contribution in [1.82, 2.24) is 20.6 Å². The molecule has 0 radical (unpaired) electrons. The molecule has 1 heterocycles. The molecule has 0 atom stereocenters. The zero-order chi connectivity index (χ0) is 18.6. The lowest BCUT2D eigenvalue weighted by atomic mass is 10.1. The molecule has 0 fully saturated rings.